The Kier molecular flexibility index (Phi) is 8.93. The molecule has 0 saturated carbocycles. The molecule has 34 heavy (non-hydrogen) atoms. The zero-order valence-corrected chi connectivity index (χ0v) is 21.2. The van der Waals surface area contributed by atoms with E-state index in [0.29, 0.717) is 6.04 Å². The first-order valence-electron chi connectivity index (χ1n) is 11.7. The molecule has 6 heteroatoms. The second-order valence-electron chi connectivity index (χ2n) is 9.34. The van der Waals surface area contributed by atoms with E-state index in [4.69, 9.17) is 4.43 Å². The van der Waals surface area contributed by atoms with Crippen molar-refractivity contribution in [2.45, 2.75) is 44.1 Å². The van der Waals surface area contributed by atoms with Crippen LogP contribution in [0.3, 0.4) is 0 Å². The van der Waals surface area contributed by atoms with Crippen molar-refractivity contribution in [3.63, 3.8) is 0 Å². The fraction of sp³-hybridized carbons (Fsp3) is 0.286. The van der Waals surface area contributed by atoms with Crippen LogP contribution in [0.15, 0.2) is 97.2 Å². The predicted molar refractivity (Wildman–Crippen MR) is 142 cm³/mol. The van der Waals surface area contributed by atoms with E-state index < -0.39 is 18.8 Å². The average Bonchev–Trinajstić information content (AvgIpc) is 3.38. The first-order chi connectivity index (χ1) is 16.3. The van der Waals surface area contributed by atoms with Crippen LogP contribution in [0, 0.1) is 10.1 Å². The molecule has 0 amide bonds. The van der Waals surface area contributed by atoms with Gasteiger partial charge in [-0.1, -0.05) is 91.0 Å². The molecule has 1 atom stereocenters. The number of benzene rings is 3. The molecule has 1 fully saturated rings. The Morgan fingerprint density at radius 2 is 1.41 bits per heavy atom. The van der Waals surface area contributed by atoms with Crippen LogP contribution >= 0.6 is 0 Å². The van der Waals surface area contributed by atoms with Crippen LogP contribution in [-0.2, 0) is 10.0 Å². The quantitative estimate of drug-likeness (QED) is 0.242. The number of nitrogens with one attached hydrogen (secondary N) is 1. The summed E-state index contributed by atoms with van der Waals surface area (Å²) in [6, 6.07) is 31.0. The lowest BCUT2D eigenvalue weighted by atomic mass is 9.79. The Hall–Kier alpha value is -3.06. The molecule has 1 saturated heterocycles. The van der Waals surface area contributed by atoms with E-state index in [1.807, 2.05) is 18.2 Å². The topological polar surface area (TPSA) is 64.4 Å². The van der Waals surface area contributed by atoms with Gasteiger partial charge in [0.2, 0.25) is 6.20 Å². The van der Waals surface area contributed by atoms with Gasteiger partial charge < -0.3 is 9.74 Å². The van der Waals surface area contributed by atoms with E-state index in [0.717, 1.165) is 24.7 Å². The maximum Gasteiger partial charge on any atom is 0.235 e. The molecule has 178 valence electrons. The molecule has 4 rings (SSSR count). The van der Waals surface area contributed by atoms with Crippen molar-refractivity contribution >= 4 is 14.4 Å². The second kappa shape index (κ2) is 11.9. The molecule has 3 aromatic rings. The molecular weight excluding hydrogens is 440 g/mol. The summed E-state index contributed by atoms with van der Waals surface area (Å²) in [6.07, 6.45) is 4.74. The van der Waals surface area contributed by atoms with Crippen LogP contribution in [0.2, 0.25) is 19.6 Å². The van der Waals surface area contributed by atoms with Crippen LogP contribution in [-0.4, -0.2) is 25.8 Å². The normalized spacial score (nSPS) is 16.1. The van der Waals surface area contributed by atoms with E-state index in [-0.39, 0.29) is 0 Å². The van der Waals surface area contributed by atoms with E-state index in [1.165, 1.54) is 23.6 Å². The maximum absolute atomic E-state index is 9.89. The van der Waals surface area contributed by atoms with Gasteiger partial charge in [-0.3, -0.25) is 10.1 Å². The molecule has 0 unspecified atom stereocenters. The maximum atomic E-state index is 9.89. The highest BCUT2D eigenvalue weighted by Crippen LogP contribution is 2.42. The molecule has 3 aromatic carbocycles. The Morgan fingerprint density at radius 1 is 0.912 bits per heavy atom. The van der Waals surface area contributed by atoms with E-state index in [2.05, 4.69) is 85.6 Å². The third-order valence-corrected chi connectivity index (χ3v) is 6.55. The molecule has 0 spiro atoms. The lowest BCUT2D eigenvalue weighted by Crippen LogP contribution is -2.53. The monoisotopic (exact) mass is 474 g/mol. The smallest absolute Gasteiger partial charge is 0.235 e. The summed E-state index contributed by atoms with van der Waals surface area (Å²) in [4.78, 5) is 9.41. The van der Waals surface area contributed by atoms with Crippen molar-refractivity contribution in [1.29, 1.82) is 0 Å². The highest BCUT2D eigenvalue weighted by atomic mass is 28.4. The van der Waals surface area contributed by atoms with Crippen molar-refractivity contribution in [3.8, 4) is 0 Å². The van der Waals surface area contributed by atoms with Crippen molar-refractivity contribution in [2.24, 2.45) is 0 Å². The summed E-state index contributed by atoms with van der Waals surface area (Å²) in [6.45, 7) is 7.91. The summed E-state index contributed by atoms with van der Waals surface area (Å²) < 4.78 is 6.96. The highest BCUT2D eigenvalue weighted by molar-refractivity contribution is 6.69. The Labute approximate surface area is 203 Å². The molecule has 0 radical (unpaired) electrons. The molecule has 5 nitrogen and oxygen atoms in total. The van der Waals surface area contributed by atoms with Gasteiger partial charge in [0.15, 0.2) is 8.32 Å². The summed E-state index contributed by atoms with van der Waals surface area (Å²) in [5, 5.41) is 13.6. The van der Waals surface area contributed by atoms with Crippen molar-refractivity contribution in [1.82, 2.24) is 5.32 Å². The number of nitrogens with zero attached hydrogens (tertiary/aromatic N) is 1. The Balaban J connectivity index is 0.000000248. The Bertz CT molecular complexity index is 1010. The van der Waals surface area contributed by atoms with Crippen LogP contribution in [0.5, 0.6) is 0 Å². The molecule has 0 aromatic heterocycles. The van der Waals surface area contributed by atoms with Crippen LogP contribution in [0.4, 0.5) is 0 Å². The minimum Gasteiger partial charge on any atom is -0.403 e. The van der Waals surface area contributed by atoms with Gasteiger partial charge in [-0.05, 0) is 55.7 Å². The van der Waals surface area contributed by atoms with Crippen molar-refractivity contribution < 1.29 is 9.35 Å². The van der Waals surface area contributed by atoms with Gasteiger partial charge >= 0.3 is 0 Å². The van der Waals surface area contributed by atoms with Gasteiger partial charge in [0.25, 0.3) is 0 Å². The summed E-state index contributed by atoms with van der Waals surface area (Å²) >= 11 is 0. The number of rotatable bonds is 7. The molecule has 1 N–H and O–H groups in total. The predicted octanol–water partition coefficient (Wildman–Crippen LogP) is 6.47. The second-order valence-corrected chi connectivity index (χ2v) is 13.8. The SMILES string of the molecule is C[Si](C)(C)OC(c1ccccc1)(c1ccccc1)[C@@H]1CCCN1.O=[N+]([O-])/C=C/c1ccccc1. The highest BCUT2D eigenvalue weighted by Gasteiger charge is 2.46. The molecule has 1 heterocycles. The minimum atomic E-state index is -1.77. The van der Waals surface area contributed by atoms with Crippen LogP contribution in [0.25, 0.3) is 6.08 Å². The van der Waals surface area contributed by atoms with Crippen LogP contribution in [0.1, 0.15) is 29.5 Å². The van der Waals surface area contributed by atoms with Gasteiger partial charge in [-0.15, -0.1) is 0 Å². The largest absolute Gasteiger partial charge is 0.403 e. The Morgan fingerprint density at radius 3 is 1.82 bits per heavy atom. The fourth-order valence-electron chi connectivity index (χ4n) is 4.36. The van der Waals surface area contributed by atoms with Gasteiger partial charge in [0.05, 0.1) is 4.92 Å². The molecular formula is C28H34N2O3Si. The molecule has 1 aliphatic heterocycles. The minimum absolute atomic E-state index is 0.319. The first-order valence-corrected chi connectivity index (χ1v) is 15.1. The van der Waals surface area contributed by atoms with Crippen LogP contribution < -0.4 is 5.32 Å². The molecule has 0 bridgehead atoms. The standard InChI is InChI=1S/C20H27NOSi.C8H7NO2/c1-23(2,3)22-20(19-15-10-16-21-19,17-11-6-4-7-12-17)18-13-8-5-9-14-18;10-9(11)7-6-8-4-2-1-3-5-8/h4-9,11-14,19,21H,10,15-16H2,1-3H3;1-7H/b;7-6+/t19-;/m0./s1. The van der Waals surface area contributed by atoms with E-state index in [9.17, 15) is 10.1 Å². The average molecular weight is 475 g/mol. The first kappa shape index (κ1) is 25.6. The third kappa shape index (κ3) is 6.97. The summed E-state index contributed by atoms with van der Waals surface area (Å²) in [7, 11) is -1.77. The summed E-state index contributed by atoms with van der Waals surface area (Å²) in [5.41, 5.74) is 2.95. The molecule has 1 aliphatic rings. The number of nitro groups is 1. The van der Waals surface area contributed by atoms with E-state index >= 15 is 0 Å². The lowest BCUT2D eigenvalue weighted by molar-refractivity contribution is -0.400. The van der Waals surface area contributed by atoms with Gasteiger partial charge in [-0.25, -0.2) is 0 Å². The number of hydrogen-bond acceptors (Lipinski definition) is 4. The van der Waals surface area contributed by atoms with Gasteiger partial charge in [0.1, 0.15) is 5.60 Å². The number of hydrogen-bond donors (Lipinski definition) is 1. The van der Waals surface area contributed by atoms with E-state index in [1.54, 1.807) is 12.1 Å². The zero-order chi connectivity index (χ0) is 24.4. The lowest BCUT2D eigenvalue weighted by Gasteiger charge is -2.44. The summed E-state index contributed by atoms with van der Waals surface area (Å²) in [5.74, 6) is 0. The van der Waals surface area contributed by atoms with Gasteiger partial charge in [0, 0.05) is 12.1 Å². The van der Waals surface area contributed by atoms with Gasteiger partial charge in [-0.2, -0.15) is 0 Å². The zero-order valence-electron chi connectivity index (χ0n) is 20.2. The fourth-order valence-corrected chi connectivity index (χ4v) is 5.70. The van der Waals surface area contributed by atoms with Crippen molar-refractivity contribution in [3.05, 3.63) is 124 Å². The molecule has 0 aliphatic carbocycles. The van der Waals surface area contributed by atoms with Crippen molar-refractivity contribution in [2.75, 3.05) is 6.54 Å². The third-order valence-electron chi connectivity index (χ3n) is 5.61.